The van der Waals surface area contributed by atoms with Gasteiger partial charge in [-0.25, -0.2) is 8.42 Å². The Kier molecular flexibility index (Phi) is 6.83. The van der Waals surface area contributed by atoms with Crippen LogP contribution in [0.2, 0.25) is 0 Å². The van der Waals surface area contributed by atoms with Crippen LogP contribution in [0.3, 0.4) is 0 Å². The van der Waals surface area contributed by atoms with E-state index in [-0.39, 0.29) is 10.8 Å². The third-order valence-corrected chi connectivity index (χ3v) is 5.34. The summed E-state index contributed by atoms with van der Waals surface area (Å²) in [5.74, 6) is -0.156. The Hall–Kier alpha value is -1.60. The SMILES string of the molecule is CCNc1ccc(S(=O)(=O)N(CC)CC)cc1NC(=O)CC. The molecule has 0 heterocycles. The highest BCUT2D eigenvalue weighted by Gasteiger charge is 2.22. The van der Waals surface area contributed by atoms with Crippen molar-refractivity contribution < 1.29 is 13.2 Å². The monoisotopic (exact) mass is 327 g/mol. The number of hydrogen-bond donors (Lipinski definition) is 2. The Morgan fingerprint density at radius 1 is 1.09 bits per heavy atom. The van der Waals surface area contributed by atoms with E-state index in [1.54, 1.807) is 32.9 Å². The molecule has 0 saturated carbocycles. The van der Waals surface area contributed by atoms with Crippen LogP contribution in [0.25, 0.3) is 0 Å². The molecule has 0 atom stereocenters. The Morgan fingerprint density at radius 2 is 1.73 bits per heavy atom. The Balaban J connectivity index is 3.28. The van der Waals surface area contributed by atoms with E-state index in [1.807, 2.05) is 6.92 Å². The third kappa shape index (κ3) is 4.20. The van der Waals surface area contributed by atoms with Gasteiger partial charge in [-0.05, 0) is 25.1 Å². The first kappa shape index (κ1) is 18.4. The van der Waals surface area contributed by atoms with E-state index < -0.39 is 10.0 Å². The fraction of sp³-hybridized carbons (Fsp3) is 0.533. The summed E-state index contributed by atoms with van der Waals surface area (Å²) in [4.78, 5) is 11.8. The smallest absolute Gasteiger partial charge is 0.243 e. The van der Waals surface area contributed by atoms with Crippen LogP contribution in [0, 0.1) is 0 Å². The topological polar surface area (TPSA) is 78.5 Å². The summed E-state index contributed by atoms with van der Waals surface area (Å²) in [7, 11) is -3.54. The third-order valence-electron chi connectivity index (χ3n) is 3.30. The van der Waals surface area contributed by atoms with Gasteiger partial charge in [0.15, 0.2) is 0 Å². The summed E-state index contributed by atoms with van der Waals surface area (Å²) >= 11 is 0. The largest absolute Gasteiger partial charge is 0.384 e. The van der Waals surface area contributed by atoms with Crippen molar-refractivity contribution in [1.29, 1.82) is 0 Å². The minimum Gasteiger partial charge on any atom is -0.384 e. The Morgan fingerprint density at radius 3 is 2.23 bits per heavy atom. The fourth-order valence-corrected chi connectivity index (χ4v) is 3.57. The quantitative estimate of drug-likeness (QED) is 0.769. The van der Waals surface area contributed by atoms with E-state index in [0.717, 1.165) is 0 Å². The molecule has 0 bridgehead atoms. The van der Waals surface area contributed by atoms with Crippen LogP contribution in [-0.2, 0) is 14.8 Å². The Bertz CT molecular complexity index is 610. The van der Waals surface area contributed by atoms with Gasteiger partial charge in [0, 0.05) is 26.1 Å². The molecule has 0 aromatic heterocycles. The summed E-state index contributed by atoms with van der Waals surface area (Å²) in [5.41, 5.74) is 1.20. The number of anilines is 2. The van der Waals surface area contributed by atoms with Crippen molar-refractivity contribution in [2.24, 2.45) is 0 Å². The molecular weight excluding hydrogens is 302 g/mol. The van der Waals surface area contributed by atoms with E-state index in [2.05, 4.69) is 10.6 Å². The fourth-order valence-electron chi connectivity index (χ4n) is 2.08. The number of rotatable bonds is 8. The van der Waals surface area contributed by atoms with E-state index in [0.29, 0.717) is 37.4 Å². The van der Waals surface area contributed by atoms with Gasteiger partial charge in [-0.15, -0.1) is 0 Å². The molecule has 0 aliphatic rings. The molecule has 0 unspecified atom stereocenters. The number of nitrogens with zero attached hydrogens (tertiary/aromatic N) is 1. The highest BCUT2D eigenvalue weighted by atomic mass is 32.2. The molecule has 0 aliphatic carbocycles. The maximum Gasteiger partial charge on any atom is 0.243 e. The van der Waals surface area contributed by atoms with Crippen molar-refractivity contribution >= 4 is 27.3 Å². The predicted molar refractivity (Wildman–Crippen MR) is 89.6 cm³/mol. The number of benzene rings is 1. The van der Waals surface area contributed by atoms with Crippen molar-refractivity contribution in [1.82, 2.24) is 4.31 Å². The number of carbonyl (C=O) groups is 1. The second kappa shape index (κ2) is 8.14. The van der Waals surface area contributed by atoms with E-state index in [4.69, 9.17) is 0 Å². The molecule has 0 radical (unpaired) electrons. The zero-order valence-electron chi connectivity index (χ0n) is 13.6. The van der Waals surface area contributed by atoms with Crippen LogP contribution in [0.5, 0.6) is 0 Å². The van der Waals surface area contributed by atoms with Gasteiger partial charge in [0.2, 0.25) is 15.9 Å². The van der Waals surface area contributed by atoms with Crippen LogP contribution < -0.4 is 10.6 Å². The lowest BCUT2D eigenvalue weighted by Gasteiger charge is -2.20. The summed E-state index contributed by atoms with van der Waals surface area (Å²) in [6.45, 7) is 8.78. The Labute approximate surface area is 132 Å². The van der Waals surface area contributed by atoms with Crippen LogP contribution >= 0.6 is 0 Å². The summed E-state index contributed by atoms with van der Waals surface area (Å²) in [5, 5.41) is 5.87. The van der Waals surface area contributed by atoms with E-state index in [1.165, 1.54) is 10.4 Å². The van der Waals surface area contributed by atoms with E-state index >= 15 is 0 Å². The van der Waals surface area contributed by atoms with Gasteiger partial charge in [0.25, 0.3) is 0 Å². The molecule has 0 fully saturated rings. The molecule has 6 nitrogen and oxygen atoms in total. The normalized spacial score (nSPS) is 11.5. The summed E-state index contributed by atoms with van der Waals surface area (Å²) < 4.78 is 26.5. The van der Waals surface area contributed by atoms with Crippen LogP contribution in [0.4, 0.5) is 11.4 Å². The lowest BCUT2D eigenvalue weighted by Crippen LogP contribution is -2.30. The van der Waals surface area contributed by atoms with Crippen LogP contribution in [0.1, 0.15) is 34.1 Å². The number of amides is 1. The standard InChI is InChI=1S/C15H25N3O3S/c1-5-15(19)17-14-11-12(9-10-13(14)16-6-2)22(20,21)18(7-3)8-4/h9-11,16H,5-8H2,1-4H3,(H,17,19). The first-order chi connectivity index (χ1) is 10.4. The lowest BCUT2D eigenvalue weighted by atomic mass is 10.2. The molecule has 0 spiro atoms. The van der Waals surface area contributed by atoms with Crippen molar-refractivity contribution in [2.75, 3.05) is 30.3 Å². The second-order valence-electron chi connectivity index (χ2n) is 4.73. The average Bonchev–Trinajstić information content (AvgIpc) is 2.49. The molecule has 1 aromatic rings. The van der Waals surface area contributed by atoms with Crippen molar-refractivity contribution in [3.8, 4) is 0 Å². The first-order valence-corrected chi connectivity index (χ1v) is 9.02. The molecule has 0 aliphatic heterocycles. The minimum absolute atomic E-state index is 0.156. The minimum atomic E-state index is -3.54. The van der Waals surface area contributed by atoms with Crippen molar-refractivity contribution in [3.05, 3.63) is 18.2 Å². The van der Waals surface area contributed by atoms with Gasteiger partial charge in [-0.1, -0.05) is 20.8 Å². The predicted octanol–water partition coefficient (Wildman–Crippen LogP) is 2.50. The summed E-state index contributed by atoms with van der Waals surface area (Å²) in [6.07, 6.45) is 0.332. The van der Waals surface area contributed by atoms with Crippen molar-refractivity contribution in [2.45, 2.75) is 39.0 Å². The van der Waals surface area contributed by atoms with Crippen LogP contribution in [0.15, 0.2) is 23.1 Å². The van der Waals surface area contributed by atoms with Crippen LogP contribution in [-0.4, -0.2) is 38.3 Å². The molecule has 7 heteroatoms. The van der Waals surface area contributed by atoms with E-state index in [9.17, 15) is 13.2 Å². The molecule has 2 N–H and O–H groups in total. The lowest BCUT2D eigenvalue weighted by molar-refractivity contribution is -0.115. The van der Waals surface area contributed by atoms with Gasteiger partial charge in [-0.3, -0.25) is 4.79 Å². The molecule has 1 aromatic carbocycles. The van der Waals surface area contributed by atoms with Gasteiger partial charge in [0.05, 0.1) is 16.3 Å². The molecule has 0 saturated heterocycles. The number of hydrogen-bond acceptors (Lipinski definition) is 4. The highest BCUT2D eigenvalue weighted by molar-refractivity contribution is 7.89. The van der Waals surface area contributed by atoms with Gasteiger partial charge >= 0.3 is 0 Å². The first-order valence-electron chi connectivity index (χ1n) is 7.58. The molecule has 1 amide bonds. The molecule has 22 heavy (non-hydrogen) atoms. The number of carbonyl (C=O) groups excluding carboxylic acids is 1. The highest BCUT2D eigenvalue weighted by Crippen LogP contribution is 2.27. The van der Waals surface area contributed by atoms with Gasteiger partial charge in [0.1, 0.15) is 0 Å². The number of sulfonamides is 1. The summed E-state index contributed by atoms with van der Waals surface area (Å²) in [6, 6.07) is 4.76. The average molecular weight is 327 g/mol. The molecular formula is C15H25N3O3S. The number of nitrogens with one attached hydrogen (secondary N) is 2. The molecule has 124 valence electrons. The second-order valence-corrected chi connectivity index (χ2v) is 6.67. The molecule has 1 rings (SSSR count). The maximum atomic E-state index is 12.6. The van der Waals surface area contributed by atoms with Gasteiger partial charge in [-0.2, -0.15) is 4.31 Å². The van der Waals surface area contributed by atoms with Crippen molar-refractivity contribution in [3.63, 3.8) is 0 Å². The maximum absolute atomic E-state index is 12.6. The van der Waals surface area contributed by atoms with Gasteiger partial charge < -0.3 is 10.6 Å². The zero-order valence-corrected chi connectivity index (χ0v) is 14.5. The zero-order chi connectivity index (χ0) is 16.8.